The minimum Gasteiger partial charge on any atom is -0.385 e. The van der Waals surface area contributed by atoms with E-state index in [4.69, 9.17) is 5.73 Å². The molecule has 0 aliphatic carbocycles. The fourth-order valence-electron chi connectivity index (χ4n) is 1.57. The zero-order valence-corrected chi connectivity index (χ0v) is 10.2. The number of nitrogens with one attached hydrogen (secondary N) is 1. The molecule has 1 unspecified atom stereocenters. The van der Waals surface area contributed by atoms with Crippen LogP contribution < -0.4 is 11.1 Å². The van der Waals surface area contributed by atoms with Crippen molar-refractivity contribution in [1.82, 2.24) is 14.7 Å². The van der Waals surface area contributed by atoms with E-state index in [-0.39, 0.29) is 6.04 Å². The van der Waals surface area contributed by atoms with E-state index in [1.165, 1.54) is 0 Å². The molecule has 0 aliphatic rings. The minimum absolute atomic E-state index is 0.161. The maximum atomic E-state index is 5.94. The molecule has 15 heavy (non-hydrogen) atoms. The maximum absolute atomic E-state index is 5.94. The van der Waals surface area contributed by atoms with Gasteiger partial charge in [0.1, 0.15) is 16.2 Å². The lowest BCUT2D eigenvalue weighted by Gasteiger charge is -2.10. The van der Waals surface area contributed by atoms with Crippen LogP contribution in [0.25, 0.3) is 5.52 Å². The molecule has 2 rings (SSSR count). The molecule has 4 nitrogen and oxygen atoms in total. The average Bonchev–Trinajstić information content (AvgIpc) is 2.57. The summed E-state index contributed by atoms with van der Waals surface area (Å²) in [7, 11) is 1.90. The highest BCUT2D eigenvalue weighted by Crippen LogP contribution is 2.24. The largest absolute Gasteiger partial charge is 0.385 e. The number of pyridine rings is 1. The Hall–Kier alpha value is -1.07. The Bertz CT molecular complexity index is 491. The van der Waals surface area contributed by atoms with E-state index in [0.717, 1.165) is 15.9 Å². The Labute approximate surface area is 96.6 Å². The number of fused-ring (bicyclic) bond motifs is 1. The lowest BCUT2D eigenvalue weighted by molar-refractivity contribution is 0.609. The average molecular weight is 269 g/mol. The fourth-order valence-corrected chi connectivity index (χ4v) is 2.06. The van der Waals surface area contributed by atoms with Gasteiger partial charge in [-0.25, -0.2) is 4.98 Å². The number of hydrogen-bond acceptors (Lipinski definition) is 3. The van der Waals surface area contributed by atoms with Gasteiger partial charge in [0, 0.05) is 0 Å². The molecule has 2 heterocycles. The number of anilines is 1. The molecule has 0 bridgehead atoms. The van der Waals surface area contributed by atoms with Crippen molar-refractivity contribution in [3.05, 3.63) is 28.6 Å². The standard InChI is InChI=1S/C10H13BrN4/c1-6(13-2)10-14-9(11)7-4-3-5-8(12)15(7)10/h3-6,13H,12H2,1-2H3. The second-order valence-electron chi connectivity index (χ2n) is 3.44. The van der Waals surface area contributed by atoms with Crippen LogP contribution in [0.5, 0.6) is 0 Å². The summed E-state index contributed by atoms with van der Waals surface area (Å²) in [6.07, 6.45) is 0. The molecule has 0 saturated carbocycles. The Morgan fingerprint density at radius 3 is 2.93 bits per heavy atom. The number of rotatable bonds is 2. The number of halogens is 1. The van der Waals surface area contributed by atoms with E-state index in [1.54, 1.807) is 0 Å². The number of hydrogen-bond donors (Lipinski definition) is 2. The second-order valence-corrected chi connectivity index (χ2v) is 4.19. The predicted molar refractivity (Wildman–Crippen MR) is 64.8 cm³/mol. The molecule has 1 atom stereocenters. The van der Waals surface area contributed by atoms with E-state index in [9.17, 15) is 0 Å². The summed E-state index contributed by atoms with van der Waals surface area (Å²) in [5.74, 6) is 1.61. The van der Waals surface area contributed by atoms with Crippen molar-refractivity contribution < 1.29 is 0 Å². The lowest BCUT2D eigenvalue weighted by atomic mass is 10.3. The number of nitrogens with two attached hydrogens (primary N) is 1. The molecule has 2 aromatic rings. The molecule has 0 fully saturated rings. The van der Waals surface area contributed by atoms with E-state index in [2.05, 4.69) is 26.2 Å². The molecule has 80 valence electrons. The third kappa shape index (κ3) is 1.61. The van der Waals surface area contributed by atoms with Gasteiger partial charge >= 0.3 is 0 Å². The fraction of sp³-hybridized carbons (Fsp3) is 0.300. The summed E-state index contributed by atoms with van der Waals surface area (Å²) in [4.78, 5) is 4.46. The zero-order valence-electron chi connectivity index (χ0n) is 8.66. The monoisotopic (exact) mass is 268 g/mol. The Balaban J connectivity index is 2.75. The van der Waals surface area contributed by atoms with Crippen molar-refractivity contribution in [2.45, 2.75) is 13.0 Å². The third-order valence-electron chi connectivity index (χ3n) is 2.49. The lowest BCUT2D eigenvalue weighted by Crippen LogP contribution is -2.16. The normalized spacial score (nSPS) is 13.3. The molecule has 3 N–H and O–H groups in total. The predicted octanol–water partition coefficient (Wildman–Crippen LogP) is 1.96. The van der Waals surface area contributed by atoms with Crippen LogP contribution in [0.4, 0.5) is 5.82 Å². The first-order valence-corrected chi connectivity index (χ1v) is 5.54. The highest BCUT2D eigenvalue weighted by Gasteiger charge is 2.14. The van der Waals surface area contributed by atoms with E-state index in [0.29, 0.717) is 5.82 Å². The Morgan fingerprint density at radius 1 is 1.53 bits per heavy atom. The van der Waals surface area contributed by atoms with Crippen molar-refractivity contribution >= 4 is 27.3 Å². The van der Waals surface area contributed by atoms with E-state index < -0.39 is 0 Å². The zero-order chi connectivity index (χ0) is 11.0. The third-order valence-corrected chi connectivity index (χ3v) is 3.08. The van der Waals surface area contributed by atoms with Gasteiger partial charge in [0.15, 0.2) is 0 Å². The van der Waals surface area contributed by atoms with Crippen molar-refractivity contribution in [2.75, 3.05) is 12.8 Å². The number of nitrogens with zero attached hydrogens (tertiary/aromatic N) is 2. The summed E-state index contributed by atoms with van der Waals surface area (Å²) in [6, 6.07) is 5.94. The van der Waals surface area contributed by atoms with Gasteiger partial charge in [0.25, 0.3) is 0 Å². The SMILES string of the molecule is CNC(C)c1nc(Br)c2cccc(N)n12. The van der Waals surface area contributed by atoms with Gasteiger partial charge < -0.3 is 11.1 Å². The number of imidazole rings is 1. The maximum Gasteiger partial charge on any atom is 0.133 e. The van der Waals surface area contributed by atoms with Crippen molar-refractivity contribution in [2.24, 2.45) is 0 Å². The number of aromatic nitrogens is 2. The van der Waals surface area contributed by atoms with Crippen LogP contribution in [0.3, 0.4) is 0 Å². The molecule has 0 saturated heterocycles. The molecule has 0 spiro atoms. The Morgan fingerprint density at radius 2 is 2.27 bits per heavy atom. The topological polar surface area (TPSA) is 55.3 Å². The molecular weight excluding hydrogens is 256 g/mol. The first kappa shape index (κ1) is 10.4. The van der Waals surface area contributed by atoms with Gasteiger partial charge in [-0.3, -0.25) is 4.40 Å². The summed E-state index contributed by atoms with van der Waals surface area (Å²) in [5, 5.41) is 3.15. The van der Waals surface area contributed by atoms with E-state index in [1.807, 2.05) is 36.6 Å². The van der Waals surface area contributed by atoms with Crippen LogP contribution in [-0.2, 0) is 0 Å². The molecule has 5 heteroatoms. The molecule has 0 radical (unpaired) electrons. The first-order valence-electron chi connectivity index (χ1n) is 4.74. The second kappa shape index (κ2) is 3.83. The highest BCUT2D eigenvalue weighted by atomic mass is 79.9. The van der Waals surface area contributed by atoms with Crippen molar-refractivity contribution in [3.63, 3.8) is 0 Å². The molecule has 0 amide bonds. The van der Waals surface area contributed by atoms with Crippen LogP contribution in [0.2, 0.25) is 0 Å². The van der Waals surface area contributed by atoms with Gasteiger partial charge in [-0.15, -0.1) is 0 Å². The van der Waals surface area contributed by atoms with Gasteiger partial charge in [-0.1, -0.05) is 6.07 Å². The molecule has 2 aromatic heterocycles. The van der Waals surface area contributed by atoms with Gasteiger partial charge in [0.05, 0.1) is 11.6 Å². The Kier molecular flexibility index (Phi) is 2.67. The van der Waals surface area contributed by atoms with Crippen LogP contribution in [-0.4, -0.2) is 16.4 Å². The molecular formula is C10H13BrN4. The molecule has 0 aliphatic heterocycles. The quantitative estimate of drug-likeness (QED) is 0.876. The summed E-state index contributed by atoms with van der Waals surface area (Å²) < 4.78 is 2.78. The van der Waals surface area contributed by atoms with Crippen LogP contribution in [0.1, 0.15) is 18.8 Å². The smallest absolute Gasteiger partial charge is 0.133 e. The van der Waals surface area contributed by atoms with Crippen LogP contribution >= 0.6 is 15.9 Å². The van der Waals surface area contributed by atoms with Crippen LogP contribution in [0, 0.1) is 0 Å². The van der Waals surface area contributed by atoms with Gasteiger partial charge in [0.2, 0.25) is 0 Å². The van der Waals surface area contributed by atoms with Crippen molar-refractivity contribution in [3.8, 4) is 0 Å². The van der Waals surface area contributed by atoms with Gasteiger partial charge in [-0.05, 0) is 42.0 Å². The molecule has 0 aromatic carbocycles. The minimum atomic E-state index is 0.161. The summed E-state index contributed by atoms with van der Waals surface area (Å²) in [6.45, 7) is 2.05. The van der Waals surface area contributed by atoms with Crippen LogP contribution in [0.15, 0.2) is 22.8 Å². The van der Waals surface area contributed by atoms with E-state index >= 15 is 0 Å². The first-order chi connectivity index (χ1) is 7.15. The number of nitrogen functional groups attached to an aromatic ring is 1. The van der Waals surface area contributed by atoms with Gasteiger partial charge in [-0.2, -0.15) is 0 Å². The summed E-state index contributed by atoms with van der Waals surface area (Å²) in [5.41, 5.74) is 6.93. The summed E-state index contributed by atoms with van der Waals surface area (Å²) >= 11 is 3.43. The van der Waals surface area contributed by atoms with Crippen molar-refractivity contribution in [1.29, 1.82) is 0 Å². The highest BCUT2D eigenvalue weighted by molar-refractivity contribution is 9.10.